The Morgan fingerprint density at radius 1 is 1.09 bits per heavy atom. The number of rotatable bonds is 4. The molecule has 0 unspecified atom stereocenters. The van der Waals surface area contributed by atoms with Crippen molar-refractivity contribution in [1.29, 1.82) is 0 Å². The van der Waals surface area contributed by atoms with Crippen molar-refractivity contribution in [3.8, 4) is 0 Å². The minimum atomic E-state index is -3.50. The van der Waals surface area contributed by atoms with Gasteiger partial charge in [-0.2, -0.15) is 4.31 Å². The van der Waals surface area contributed by atoms with Gasteiger partial charge in [0.15, 0.2) is 0 Å². The Morgan fingerprint density at radius 2 is 1.82 bits per heavy atom. The second kappa shape index (κ2) is 6.03. The second-order valence-corrected chi connectivity index (χ2v) is 8.09. The first-order valence-corrected chi connectivity index (χ1v) is 9.12. The first kappa shape index (κ1) is 15.5. The minimum Gasteiger partial charge on any atom is -0.207 e. The summed E-state index contributed by atoms with van der Waals surface area (Å²) < 4.78 is 26.8. The quantitative estimate of drug-likeness (QED) is 0.855. The van der Waals surface area contributed by atoms with Gasteiger partial charge in [0, 0.05) is 18.6 Å². The Morgan fingerprint density at radius 3 is 2.59 bits per heavy atom. The lowest BCUT2D eigenvalue weighted by atomic mass is 10.1. The molecule has 0 bridgehead atoms. The number of hydrogen-bond donors (Lipinski definition) is 0. The van der Waals surface area contributed by atoms with E-state index in [9.17, 15) is 8.42 Å². The van der Waals surface area contributed by atoms with Crippen molar-refractivity contribution in [2.75, 3.05) is 7.05 Å². The van der Waals surface area contributed by atoms with E-state index in [0.29, 0.717) is 9.92 Å². The summed E-state index contributed by atoms with van der Waals surface area (Å²) in [5.74, 6) is 0. The Kier molecular flexibility index (Phi) is 4.26. The number of halogens is 1. The van der Waals surface area contributed by atoms with Gasteiger partial charge in [0.1, 0.15) is 0 Å². The zero-order valence-electron chi connectivity index (χ0n) is 12.4. The molecule has 2 aromatic carbocycles. The number of nitrogens with zero attached hydrogens (tertiary/aromatic N) is 1. The molecule has 0 N–H and O–H groups in total. The summed E-state index contributed by atoms with van der Waals surface area (Å²) in [6.45, 7) is 0.263. The molecule has 0 heterocycles. The lowest BCUT2D eigenvalue weighted by Crippen LogP contribution is -2.26. The second-order valence-electron chi connectivity index (χ2n) is 5.64. The van der Waals surface area contributed by atoms with Crippen molar-refractivity contribution in [3.05, 3.63) is 64.2 Å². The topological polar surface area (TPSA) is 37.4 Å². The van der Waals surface area contributed by atoms with Crippen LogP contribution in [0, 0.1) is 0 Å². The fourth-order valence-electron chi connectivity index (χ4n) is 2.84. The van der Waals surface area contributed by atoms with Crippen LogP contribution in [0.25, 0.3) is 0 Å². The highest BCUT2D eigenvalue weighted by Gasteiger charge is 2.23. The van der Waals surface area contributed by atoms with Crippen LogP contribution in [-0.2, 0) is 29.4 Å². The third-order valence-electron chi connectivity index (χ3n) is 4.13. The molecule has 0 saturated heterocycles. The van der Waals surface area contributed by atoms with Crippen LogP contribution in [0.4, 0.5) is 0 Å². The molecule has 3 rings (SSSR count). The first-order valence-electron chi connectivity index (χ1n) is 7.30. The third-order valence-corrected chi connectivity index (χ3v) is 6.30. The van der Waals surface area contributed by atoms with E-state index in [2.05, 4.69) is 0 Å². The average Bonchev–Trinajstić information content (AvgIpc) is 2.97. The summed E-state index contributed by atoms with van der Waals surface area (Å²) in [6, 6.07) is 12.8. The van der Waals surface area contributed by atoms with Crippen LogP contribution in [0.1, 0.15) is 23.1 Å². The maximum atomic E-state index is 12.7. The van der Waals surface area contributed by atoms with Crippen molar-refractivity contribution < 1.29 is 8.42 Å². The number of benzene rings is 2. The van der Waals surface area contributed by atoms with Crippen molar-refractivity contribution in [1.82, 2.24) is 4.31 Å². The number of sulfonamides is 1. The molecule has 0 amide bonds. The summed E-state index contributed by atoms with van der Waals surface area (Å²) >= 11 is 6.12. The lowest BCUT2D eigenvalue weighted by Gasteiger charge is -2.18. The smallest absolute Gasteiger partial charge is 0.207 e. The van der Waals surface area contributed by atoms with Crippen molar-refractivity contribution >= 4 is 21.6 Å². The monoisotopic (exact) mass is 335 g/mol. The Labute approximate surface area is 136 Å². The molecule has 3 nitrogen and oxygen atoms in total. The van der Waals surface area contributed by atoms with Gasteiger partial charge < -0.3 is 0 Å². The molecule has 116 valence electrons. The number of hydrogen-bond acceptors (Lipinski definition) is 2. The minimum absolute atomic E-state index is 0.263. The maximum absolute atomic E-state index is 12.7. The maximum Gasteiger partial charge on any atom is 0.243 e. The highest BCUT2D eigenvalue weighted by atomic mass is 35.5. The van der Waals surface area contributed by atoms with Crippen molar-refractivity contribution in [2.45, 2.75) is 30.7 Å². The van der Waals surface area contributed by atoms with Gasteiger partial charge in [-0.3, -0.25) is 0 Å². The van der Waals surface area contributed by atoms with Crippen LogP contribution in [-0.4, -0.2) is 19.8 Å². The van der Waals surface area contributed by atoms with Gasteiger partial charge in [0.2, 0.25) is 10.0 Å². The first-order chi connectivity index (χ1) is 10.5. The summed E-state index contributed by atoms with van der Waals surface area (Å²) in [7, 11) is -1.91. The van der Waals surface area contributed by atoms with Gasteiger partial charge in [-0.25, -0.2) is 8.42 Å². The van der Waals surface area contributed by atoms with Gasteiger partial charge in [0.05, 0.1) is 4.90 Å². The largest absolute Gasteiger partial charge is 0.243 e. The van der Waals surface area contributed by atoms with Gasteiger partial charge in [0.25, 0.3) is 0 Å². The molecule has 0 saturated carbocycles. The summed E-state index contributed by atoms with van der Waals surface area (Å²) in [6.07, 6.45) is 3.12. The molecule has 5 heteroatoms. The van der Waals surface area contributed by atoms with Crippen LogP contribution in [0.15, 0.2) is 47.4 Å². The Bertz CT molecular complexity index is 802. The number of fused-ring (bicyclic) bond motifs is 1. The molecule has 1 aliphatic rings. The SMILES string of the molecule is CN(Cc1ccccc1Cl)S(=O)(=O)c1ccc2c(c1)CCC2. The molecule has 1 aliphatic carbocycles. The van der Waals surface area contributed by atoms with E-state index < -0.39 is 10.0 Å². The molecule has 22 heavy (non-hydrogen) atoms. The Hall–Kier alpha value is -1.36. The molecule has 0 fully saturated rings. The molecule has 0 atom stereocenters. The predicted molar refractivity (Wildman–Crippen MR) is 88.6 cm³/mol. The van der Waals surface area contributed by atoms with Crippen molar-refractivity contribution in [2.24, 2.45) is 0 Å². The van der Waals surface area contributed by atoms with E-state index in [0.717, 1.165) is 30.4 Å². The van der Waals surface area contributed by atoms with E-state index >= 15 is 0 Å². The van der Waals surface area contributed by atoms with E-state index in [4.69, 9.17) is 11.6 Å². The normalized spacial score (nSPS) is 14.3. The highest BCUT2D eigenvalue weighted by Crippen LogP contribution is 2.27. The van der Waals surface area contributed by atoms with Crippen LogP contribution in [0.5, 0.6) is 0 Å². The zero-order chi connectivity index (χ0) is 15.7. The fourth-order valence-corrected chi connectivity index (χ4v) is 4.24. The van der Waals surface area contributed by atoms with Crippen LogP contribution in [0.3, 0.4) is 0 Å². The van der Waals surface area contributed by atoms with Crippen molar-refractivity contribution in [3.63, 3.8) is 0 Å². The Balaban J connectivity index is 1.88. The molecular formula is C17H18ClNO2S. The highest BCUT2D eigenvalue weighted by molar-refractivity contribution is 7.89. The molecule has 0 aromatic heterocycles. The molecule has 2 aromatic rings. The van der Waals surface area contributed by atoms with Crippen LogP contribution >= 0.6 is 11.6 Å². The summed E-state index contributed by atoms with van der Waals surface area (Å²) in [5.41, 5.74) is 3.23. The summed E-state index contributed by atoms with van der Waals surface area (Å²) in [4.78, 5) is 0.364. The molecule has 0 radical (unpaired) electrons. The van der Waals surface area contributed by atoms with Crippen LogP contribution in [0.2, 0.25) is 5.02 Å². The van der Waals surface area contributed by atoms with Gasteiger partial charge in [-0.05, 0) is 54.2 Å². The predicted octanol–water partition coefficient (Wildman–Crippen LogP) is 3.65. The lowest BCUT2D eigenvalue weighted by molar-refractivity contribution is 0.466. The van der Waals surface area contributed by atoms with E-state index in [1.165, 1.54) is 9.87 Å². The van der Waals surface area contributed by atoms with Gasteiger partial charge in [-0.15, -0.1) is 0 Å². The van der Waals surface area contributed by atoms with Crippen LogP contribution < -0.4 is 0 Å². The number of aryl methyl sites for hydroxylation is 2. The summed E-state index contributed by atoms with van der Waals surface area (Å²) in [5, 5.41) is 0.582. The average molecular weight is 336 g/mol. The van der Waals surface area contributed by atoms with Gasteiger partial charge in [-0.1, -0.05) is 35.9 Å². The van der Waals surface area contributed by atoms with E-state index in [-0.39, 0.29) is 6.54 Å². The fraction of sp³-hybridized carbons (Fsp3) is 0.294. The van der Waals surface area contributed by atoms with E-state index in [1.807, 2.05) is 30.3 Å². The van der Waals surface area contributed by atoms with Gasteiger partial charge >= 0.3 is 0 Å². The molecular weight excluding hydrogens is 318 g/mol. The zero-order valence-corrected chi connectivity index (χ0v) is 14.0. The third kappa shape index (κ3) is 2.91. The molecule has 0 aliphatic heterocycles. The standard InChI is InChI=1S/C17H18ClNO2S/c1-19(12-15-5-2-3-8-17(15)18)22(20,21)16-10-9-13-6-4-7-14(13)11-16/h2-3,5,8-11H,4,6-7,12H2,1H3. The van der Waals surface area contributed by atoms with E-state index in [1.54, 1.807) is 19.2 Å². The molecule has 0 spiro atoms.